The summed E-state index contributed by atoms with van der Waals surface area (Å²) in [6, 6.07) is 19.2. The van der Waals surface area contributed by atoms with Crippen LogP contribution in [0.2, 0.25) is 0 Å². The zero-order valence-electron chi connectivity index (χ0n) is 12.8. The van der Waals surface area contributed by atoms with Gasteiger partial charge >= 0.3 is 0 Å². The maximum atomic E-state index is 4.53. The van der Waals surface area contributed by atoms with Crippen LogP contribution in [0.1, 0.15) is 6.92 Å². The van der Waals surface area contributed by atoms with Gasteiger partial charge in [-0.1, -0.05) is 48.2 Å². The summed E-state index contributed by atoms with van der Waals surface area (Å²) in [5, 5.41) is 4.76. The maximum Gasteiger partial charge on any atom is 0.134 e. The highest BCUT2D eigenvalue weighted by molar-refractivity contribution is 8.02. The Balaban J connectivity index is 1.67. The first-order valence-electron chi connectivity index (χ1n) is 7.49. The monoisotopic (exact) mass is 336 g/mol. The molecule has 2 nitrogen and oxygen atoms in total. The van der Waals surface area contributed by atoms with Gasteiger partial charge in [0.05, 0.1) is 5.88 Å². The van der Waals surface area contributed by atoms with Crippen LogP contribution >= 0.6 is 23.5 Å². The van der Waals surface area contributed by atoms with Gasteiger partial charge in [0, 0.05) is 21.7 Å². The molecule has 1 aliphatic heterocycles. The van der Waals surface area contributed by atoms with Crippen molar-refractivity contribution in [1.82, 2.24) is 4.98 Å². The van der Waals surface area contributed by atoms with Gasteiger partial charge in [0.15, 0.2) is 0 Å². The van der Waals surface area contributed by atoms with E-state index in [2.05, 4.69) is 76.8 Å². The molecule has 0 saturated carbocycles. The fraction of sp³-hybridized carbons (Fsp3) is 0.105. The Morgan fingerprint density at radius 1 is 1.09 bits per heavy atom. The summed E-state index contributed by atoms with van der Waals surface area (Å²) < 4.78 is 0. The molecular weight excluding hydrogens is 320 g/mol. The van der Waals surface area contributed by atoms with E-state index >= 15 is 0 Å². The Morgan fingerprint density at radius 3 is 2.83 bits per heavy atom. The van der Waals surface area contributed by atoms with Gasteiger partial charge in [-0.3, -0.25) is 0 Å². The summed E-state index contributed by atoms with van der Waals surface area (Å²) in [4.78, 5) is 9.28. The molecule has 0 N–H and O–H groups in total. The fourth-order valence-corrected chi connectivity index (χ4v) is 4.58. The van der Waals surface area contributed by atoms with Gasteiger partial charge in [-0.25, -0.2) is 4.98 Å². The molecule has 0 bridgehead atoms. The molecule has 0 aliphatic carbocycles. The lowest BCUT2D eigenvalue weighted by Crippen LogP contribution is -2.16. The number of rotatable bonds is 3. The van der Waals surface area contributed by atoms with Crippen LogP contribution in [0, 0.1) is 0 Å². The predicted octanol–water partition coefficient (Wildman–Crippen LogP) is 5.76. The molecule has 0 unspecified atom stereocenters. The lowest BCUT2D eigenvalue weighted by Gasteiger charge is -2.18. The second kappa shape index (κ2) is 6.30. The highest BCUT2D eigenvalue weighted by atomic mass is 32.2. The number of anilines is 1. The highest BCUT2D eigenvalue weighted by Crippen LogP contribution is 2.36. The first kappa shape index (κ1) is 14.7. The Bertz CT molecular complexity index is 884. The van der Waals surface area contributed by atoms with Crippen LogP contribution in [0.25, 0.3) is 10.8 Å². The Kier molecular flexibility index (Phi) is 4.02. The minimum atomic E-state index is 0.946. The van der Waals surface area contributed by atoms with E-state index < -0.39 is 0 Å². The number of allylic oxidation sites excluding steroid dienone is 1. The van der Waals surface area contributed by atoms with E-state index in [0.29, 0.717) is 0 Å². The lowest BCUT2D eigenvalue weighted by molar-refractivity contribution is 1.03. The van der Waals surface area contributed by atoms with Crippen molar-refractivity contribution in [3.05, 3.63) is 71.9 Å². The molecule has 0 saturated heterocycles. The van der Waals surface area contributed by atoms with Crippen LogP contribution in [-0.2, 0) is 0 Å². The summed E-state index contributed by atoms with van der Waals surface area (Å²) in [5.41, 5.74) is 1.26. The van der Waals surface area contributed by atoms with Gasteiger partial charge in [0.2, 0.25) is 0 Å². The van der Waals surface area contributed by atoms with Crippen LogP contribution in [0.3, 0.4) is 0 Å². The van der Waals surface area contributed by atoms with Crippen molar-refractivity contribution in [3.8, 4) is 0 Å². The number of aromatic nitrogens is 1. The average molecular weight is 336 g/mol. The molecule has 3 aromatic rings. The van der Waals surface area contributed by atoms with Gasteiger partial charge < -0.3 is 4.90 Å². The molecule has 0 amide bonds. The molecule has 0 spiro atoms. The topological polar surface area (TPSA) is 16.1 Å². The van der Waals surface area contributed by atoms with E-state index in [9.17, 15) is 0 Å². The number of thioether (sulfide) groups is 1. The molecule has 4 heteroatoms. The van der Waals surface area contributed by atoms with Crippen LogP contribution < -0.4 is 4.90 Å². The summed E-state index contributed by atoms with van der Waals surface area (Å²) in [6.45, 7) is 2.13. The molecule has 23 heavy (non-hydrogen) atoms. The minimum absolute atomic E-state index is 0.946. The molecule has 0 fully saturated rings. The van der Waals surface area contributed by atoms with E-state index in [1.807, 2.05) is 18.0 Å². The second-order valence-electron chi connectivity index (χ2n) is 5.41. The third-order valence-corrected chi connectivity index (χ3v) is 5.83. The van der Waals surface area contributed by atoms with E-state index in [1.165, 1.54) is 26.3 Å². The van der Waals surface area contributed by atoms with Crippen molar-refractivity contribution < 1.29 is 0 Å². The first-order chi connectivity index (χ1) is 11.3. The summed E-state index contributed by atoms with van der Waals surface area (Å²) in [5.74, 6) is 1.97. The molecule has 1 aliphatic rings. The largest absolute Gasteiger partial charge is 0.320 e. The molecule has 4 rings (SSSR count). The molecule has 2 heterocycles. The molecule has 0 radical (unpaired) electrons. The average Bonchev–Trinajstić information content (AvgIpc) is 3.02. The highest BCUT2D eigenvalue weighted by Gasteiger charge is 2.15. The Morgan fingerprint density at radius 2 is 1.96 bits per heavy atom. The van der Waals surface area contributed by atoms with Gasteiger partial charge in [-0.15, -0.1) is 11.8 Å². The predicted molar refractivity (Wildman–Crippen MR) is 101 cm³/mol. The quantitative estimate of drug-likeness (QED) is 0.604. The minimum Gasteiger partial charge on any atom is -0.320 e. The second-order valence-corrected chi connectivity index (χ2v) is 7.35. The number of hydrogen-bond donors (Lipinski definition) is 0. The van der Waals surface area contributed by atoms with Crippen molar-refractivity contribution in [1.29, 1.82) is 0 Å². The Labute approximate surface area is 144 Å². The third kappa shape index (κ3) is 2.96. The third-order valence-electron chi connectivity index (χ3n) is 3.85. The van der Waals surface area contributed by atoms with E-state index in [-0.39, 0.29) is 0 Å². The van der Waals surface area contributed by atoms with Crippen molar-refractivity contribution in [3.63, 3.8) is 0 Å². The van der Waals surface area contributed by atoms with E-state index in [1.54, 1.807) is 11.8 Å². The van der Waals surface area contributed by atoms with Crippen LogP contribution in [0.5, 0.6) is 0 Å². The van der Waals surface area contributed by atoms with Crippen molar-refractivity contribution in [2.24, 2.45) is 0 Å². The zero-order chi connectivity index (χ0) is 15.6. The molecular formula is C19H16N2S2. The molecule has 0 atom stereocenters. The fourth-order valence-electron chi connectivity index (χ4n) is 2.67. The number of pyridine rings is 1. The zero-order valence-corrected chi connectivity index (χ0v) is 14.4. The summed E-state index contributed by atoms with van der Waals surface area (Å²) >= 11 is 3.61. The molecule has 1 aromatic heterocycles. The van der Waals surface area contributed by atoms with Crippen molar-refractivity contribution in [2.45, 2.75) is 16.7 Å². The number of nitrogens with zero attached hydrogens (tertiary/aromatic N) is 2. The number of hydrogen-bond acceptors (Lipinski definition) is 4. The van der Waals surface area contributed by atoms with E-state index in [4.69, 9.17) is 0 Å². The van der Waals surface area contributed by atoms with Gasteiger partial charge in [-0.2, -0.15) is 0 Å². The van der Waals surface area contributed by atoms with Crippen LogP contribution in [-0.4, -0.2) is 10.9 Å². The van der Waals surface area contributed by atoms with Crippen molar-refractivity contribution in [2.75, 3.05) is 10.8 Å². The number of benzene rings is 2. The SMILES string of the molecule is CC1=CSCN1c1cc(Sc2cccc3ccccc23)ccn1. The standard InChI is InChI=1S/C19H16N2S2/c1-14-12-22-13-21(14)19-11-16(9-10-20-19)23-18-8-4-6-15-5-2-3-7-17(15)18/h2-12H,13H2,1H3. The van der Waals surface area contributed by atoms with Gasteiger partial charge in [-0.05, 0) is 41.3 Å². The smallest absolute Gasteiger partial charge is 0.134 e. The normalized spacial score (nSPS) is 14.3. The van der Waals surface area contributed by atoms with Crippen LogP contribution in [0.4, 0.5) is 5.82 Å². The molecule has 114 valence electrons. The van der Waals surface area contributed by atoms with Gasteiger partial charge in [0.1, 0.15) is 5.82 Å². The lowest BCUT2D eigenvalue weighted by atomic mass is 10.1. The first-order valence-corrected chi connectivity index (χ1v) is 9.35. The summed E-state index contributed by atoms with van der Waals surface area (Å²) in [7, 11) is 0. The number of fused-ring (bicyclic) bond motifs is 1. The summed E-state index contributed by atoms with van der Waals surface area (Å²) in [6.07, 6.45) is 1.90. The van der Waals surface area contributed by atoms with Crippen LogP contribution in [0.15, 0.2) is 81.7 Å². The Hall–Kier alpha value is -1.91. The van der Waals surface area contributed by atoms with Gasteiger partial charge in [0.25, 0.3) is 0 Å². The maximum absolute atomic E-state index is 4.53. The molecule has 2 aromatic carbocycles. The van der Waals surface area contributed by atoms with E-state index in [0.717, 1.165) is 11.7 Å². The van der Waals surface area contributed by atoms with Crippen molar-refractivity contribution >= 4 is 40.1 Å².